The van der Waals surface area contributed by atoms with Crippen LogP contribution in [0.5, 0.6) is 11.5 Å². The van der Waals surface area contributed by atoms with Gasteiger partial charge in [0, 0.05) is 33.3 Å². The second kappa shape index (κ2) is 8.63. The fourth-order valence-corrected chi connectivity index (χ4v) is 6.55. The highest BCUT2D eigenvalue weighted by atomic mass is 79.9. The maximum absolute atomic E-state index is 13.0. The zero-order valence-corrected chi connectivity index (χ0v) is 20.2. The van der Waals surface area contributed by atoms with E-state index in [0.717, 1.165) is 40.8 Å². The highest BCUT2D eigenvalue weighted by Crippen LogP contribution is 2.54. The molecule has 1 fully saturated rings. The molecule has 2 aromatic rings. The number of carbonyl (C=O) groups is 1. The minimum absolute atomic E-state index is 0.0516. The predicted octanol–water partition coefficient (Wildman–Crippen LogP) is 4.46. The van der Waals surface area contributed by atoms with E-state index < -0.39 is 5.54 Å². The number of hydrogen-bond acceptors (Lipinski definition) is 6. The van der Waals surface area contributed by atoms with Crippen molar-refractivity contribution >= 4 is 38.8 Å². The summed E-state index contributed by atoms with van der Waals surface area (Å²) < 4.78 is 13.0. The van der Waals surface area contributed by atoms with E-state index in [1.807, 2.05) is 37.3 Å². The van der Waals surface area contributed by atoms with Gasteiger partial charge in [0.25, 0.3) is 5.91 Å². The zero-order chi connectivity index (χ0) is 22.3. The standard InChI is InChI=1S/C24H26BrN3O3S/c1-2-30-17-5-3-4-14(10-17)22(29)27-16-7-9-21-19(12-16)24(13-32-23(26)28-24)18-11-15(25)6-8-20(18)31-21/h3-6,8,10-11,16,19,21H,2,7,9,12-13H2,1H3,(H2,26,28)(H,27,29). The number of halogens is 1. The van der Waals surface area contributed by atoms with Crippen molar-refractivity contribution in [3.8, 4) is 11.5 Å². The molecule has 2 heterocycles. The molecule has 1 aliphatic carbocycles. The number of thioether (sulfide) groups is 1. The van der Waals surface area contributed by atoms with Gasteiger partial charge >= 0.3 is 0 Å². The Morgan fingerprint density at radius 2 is 2.22 bits per heavy atom. The van der Waals surface area contributed by atoms with E-state index in [1.54, 1.807) is 17.8 Å². The molecule has 2 aromatic carbocycles. The topological polar surface area (TPSA) is 85.9 Å². The first-order chi connectivity index (χ1) is 15.5. The number of nitrogens with zero attached hydrogens (tertiary/aromatic N) is 1. The van der Waals surface area contributed by atoms with E-state index >= 15 is 0 Å². The molecular weight excluding hydrogens is 490 g/mol. The number of amidine groups is 1. The lowest BCUT2D eigenvalue weighted by Crippen LogP contribution is -2.54. The fraction of sp³-hybridized carbons (Fsp3) is 0.417. The van der Waals surface area contributed by atoms with Gasteiger partial charge in [-0.1, -0.05) is 33.8 Å². The molecule has 1 spiro atoms. The molecule has 0 saturated heterocycles. The van der Waals surface area contributed by atoms with Crippen molar-refractivity contribution in [3.05, 3.63) is 58.1 Å². The SMILES string of the molecule is CCOc1cccc(C(=O)NC2CCC3Oc4ccc(Br)cc4C4(CSC(N)=N4)C3C2)c1. The molecule has 1 saturated carbocycles. The summed E-state index contributed by atoms with van der Waals surface area (Å²) in [5.74, 6) is 2.46. The average Bonchev–Trinajstić information content (AvgIpc) is 3.18. The number of fused-ring (bicyclic) bond motifs is 4. The summed E-state index contributed by atoms with van der Waals surface area (Å²) in [6.07, 6.45) is 2.59. The number of carbonyl (C=O) groups excluding carboxylic acids is 1. The van der Waals surface area contributed by atoms with Crippen LogP contribution in [0.1, 0.15) is 42.1 Å². The molecule has 1 amide bonds. The van der Waals surface area contributed by atoms with Crippen LogP contribution in [0.25, 0.3) is 0 Å². The van der Waals surface area contributed by atoms with E-state index in [2.05, 4.69) is 27.3 Å². The first-order valence-electron chi connectivity index (χ1n) is 11.0. The molecule has 4 unspecified atom stereocenters. The minimum Gasteiger partial charge on any atom is -0.494 e. The van der Waals surface area contributed by atoms with Crippen molar-refractivity contribution in [2.45, 2.75) is 43.9 Å². The second-order valence-corrected chi connectivity index (χ2v) is 10.4. The number of nitrogens with two attached hydrogens (primary N) is 1. The third-order valence-electron chi connectivity index (χ3n) is 6.58. The summed E-state index contributed by atoms with van der Waals surface area (Å²) in [5.41, 5.74) is 7.44. The molecule has 3 aliphatic rings. The van der Waals surface area contributed by atoms with Gasteiger partial charge in [-0.15, -0.1) is 0 Å². The lowest BCUT2D eigenvalue weighted by Gasteiger charge is -2.48. The molecule has 168 valence electrons. The second-order valence-electron chi connectivity index (χ2n) is 8.51. The lowest BCUT2D eigenvalue weighted by molar-refractivity contribution is 0.0155. The molecule has 6 nitrogen and oxygen atoms in total. The van der Waals surface area contributed by atoms with Gasteiger partial charge in [-0.25, -0.2) is 4.99 Å². The monoisotopic (exact) mass is 515 g/mol. The van der Waals surface area contributed by atoms with Crippen molar-refractivity contribution in [3.63, 3.8) is 0 Å². The summed E-state index contributed by atoms with van der Waals surface area (Å²) in [6.45, 7) is 2.50. The Bertz CT molecular complexity index is 1080. The van der Waals surface area contributed by atoms with Gasteiger partial charge in [-0.2, -0.15) is 0 Å². The first-order valence-corrected chi connectivity index (χ1v) is 12.7. The number of aliphatic imine (C=N–C) groups is 1. The van der Waals surface area contributed by atoms with Crippen molar-refractivity contribution < 1.29 is 14.3 Å². The van der Waals surface area contributed by atoms with E-state index in [9.17, 15) is 4.79 Å². The number of nitrogens with one attached hydrogen (secondary N) is 1. The van der Waals surface area contributed by atoms with Crippen LogP contribution in [0.2, 0.25) is 0 Å². The fourth-order valence-electron chi connectivity index (χ4n) is 5.16. The predicted molar refractivity (Wildman–Crippen MR) is 131 cm³/mol. The lowest BCUT2D eigenvalue weighted by atomic mass is 9.67. The Hall–Kier alpha value is -2.19. The summed E-state index contributed by atoms with van der Waals surface area (Å²) in [4.78, 5) is 18.0. The van der Waals surface area contributed by atoms with Crippen molar-refractivity contribution in [1.82, 2.24) is 5.32 Å². The molecule has 32 heavy (non-hydrogen) atoms. The number of benzene rings is 2. The van der Waals surface area contributed by atoms with E-state index in [-0.39, 0.29) is 24.0 Å². The molecule has 3 N–H and O–H groups in total. The zero-order valence-electron chi connectivity index (χ0n) is 17.8. The van der Waals surface area contributed by atoms with Crippen LogP contribution in [-0.2, 0) is 5.54 Å². The summed E-state index contributed by atoms with van der Waals surface area (Å²) in [5, 5.41) is 3.87. The maximum atomic E-state index is 13.0. The Morgan fingerprint density at radius 1 is 1.34 bits per heavy atom. The highest BCUT2D eigenvalue weighted by molar-refractivity contribution is 9.10. The molecule has 0 radical (unpaired) electrons. The van der Waals surface area contributed by atoms with Crippen molar-refractivity contribution in [2.75, 3.05) is 12.4 Å². The van der Waals surface area contributed by atoms with Crippen LogP contribution in [0.3, 0.4) is 0 Å². The number of rotatable bonds is 4. The van der Waals surface area contributed by atoms with Gasteiger partial charge in [-0.3, -0.25) is 4.79 Å². The number of hydrogen-bond donors (Lipinski definition) is 2. The third kappa shape index (κ3) is 3.88. The summed E-state index contributed by atoms with van der Waals surface area (Å²) in [6, 6.07) is 13.5. The quantitative estimate of drug-likeness (QED) is 0.627. The van der Waals surface area contributed by atoms with Crippen molar-refractivity contribution in [1.29, 1.82) is 0 Å². The van der Waals surface area contributed by atoms with Crippen LogP contribution in [0, 0.1) is 5.92 Å². The molecule has 0 bridgehead atoms. The Labute approximate surface area is 200 Å². The first kappa shape index (κ1) is 21.6. The van der Waals surface area contributed by atoms with Crippen LogP contribution < -0.4 is 20.5 Å². The molecule has 2 aliphatic heterocycles. The smallest absolute Gasteiger partial charge is 0.251 e. The maximum Gasteiger partial charge on any atom is 0.251 e. The van der Waals surface area contributed by atoms with Crippen LogP contribution in [0.15, 0.2) is 51.9 Å². The minimum atomic E-state index is -0.422. The Balaban J connectivity index is 1.39. The summed E-state index contributed by atoms with van der Waals surface area (Å²) in [7, 11) is 0. The summed E-state index contributed by atoms with van der Waals surface area (Å²) >= 11 is 5.20. The van der Waals surface area contributed by atoms with Crippen molar-refractivity contribution in [2.24, 2.45) is 16.6 Å². The van der Waals surface area contributed by atoms with Gasteiger partial charge < -0.3 is 20.5 Å². The number of amides is 1. The largest absolute Gasteiger partial charge is 0.494 e. The highest BCUT2D eigenvalue weighted by Gasteiger charge is 2.54. The van der Waals surface area contributed by atoms with Gasteiger partial charge in [0.05, 0.1) is 6.61 Å². The molecule has 0 aromatic heterocycles. The van der Waals surface area contributed by atoms with E-state index in [0.29, 0.717) is 23.1 Å². The van der Waals surface area contributed by atoms with Gasteiger partial charge in [0.1, 0.15) is 23.1 Å². The normalized spacial score (nSPS) is 28.3. The molecule has 5 rings (SSSR count). The Kier molecular flexibility index (Phi) is 5.84. The average molecular weight is 516 g/mol. The van der Waals surface area contributed by atoms with Gasteiger partial charge in [0.15, 0.2) is 5.17 Å². The Morgan fingerprint density at radius 3 is 3.00 bits per heavy atom. The van der Waals surface area contributed by atoms with Gasteiger partial charge in [0.2, 0.25) is 0 Å². The van der Waals surface area contributed by atoms with Crippen LogP contribution in [0.4, 0.5) is 0 Å². The third-order valence-corrected chi connectivity index (χ3v) is 8.04. The van der Waals surface area contributed by atoms with Crippen LogP contribution in [-0.4, -0.2) is 35.6 Å². The molecule has 8 heteroatoms. The van der Waals surface area contributed by atoms with E-state index in [4.69, 9.17) is 20.2 Å². The van der Waals surface area contributed by atoms with E-state index in [1.165, 1.54) is 0 Å². The number of ether oxygens (including phenoxy) is 2. The van der Waals surface area contributed by atoms with Crippen LogP contribution >= 0.6 is 27.7 Å². The molecular formula is C24H26BrN3O3S. The van der Waals surface area contributed by atoms with Gasteiger partial charge in [-0.05, 0) is 62.6 Å². The molecule has 4 atom stereocenters.